The molecule has 0 unspecified atom stereocenters. The van der Waals surface area contributed by atoms with Crippen LogP contribution in [-0.4, -0.2) is 9.38 Å². The average Bonchev–Trinajstić information content (AvgIpc) is 3.06. The Hall–Kier alpha value is -3.39. The maximum absolute atomic E-state index is 4.96. The van der Waals surface area contributed by atoms with Crippen LogP contribution in [-0.2, 0) is 0 Å². The molecule has 0 radical (unpaired) electrons. The van der Waals surface area contributed by atoms with Gasteiger partial charge in [0, 0.05) is 10.8 Å². The Kier molecular flexibility index (Phi) is 2.83. The van der Waals surface area contributed by atoms with Gasteiger partial charge in [0.15, 0.2) is 0 Å². The molecular weight excluding hydrogens is 304 g/mol. The number of pyridine rings is 1. The number of para-hydroxylation sites is 3. The van der Waals surface area contributed by atoms with Crippen molar-refractivity contribution in [3.63, 3.8) is 0 Å². The third kappa shape index (κ3) is 1.76. The van der Waals surface area contributed by atoms with Gasteiger partial charge < -0.3 is 0 Å². The SMILES string of the molecule is C=Cc1ccc2c3ccccc3n3c4ccccc4nc3c2c1C=C. The van der Waals surface area contributed by atoms with Gasteiger partial charge >= 0.3 is 0 Å². The van der Waals surface area contributed by atoms with Gasteiger partial charge in [0.2, 0.25) is 0 Å². The molecule has 2 heteroatoms. The molecule has 118 valence electrons. The normalized spacial score (nSPS) is 11.5. The first-order valence-corrected chi connectivity index (χ1v) is 8.33. The number of benzene rings is 3. The number of fused-ring (bicyclic) bond motifs is 8. The molecule has 0 aliphatic heterocycles. The first kappa shape index (κ1) is 14.0. The summed E-state index contributed by atoms with van der Waals surface area (Å²) in [5, 5.41) is 3.54. The fourth-order valence-electron chi connectivity index (χ4n) is 3.83. The van der Waals surface area contributed by atoms with E-state index in [-0.39, 0.29) is 0 Å². The van der Waals surface area contributed by atoms with Gasteiger partial charge in [-0.25, -0.2) is 4.98 Å². The first-order chi connectivity index (χ1) is 12.3. The summed E-state index contributed by atoms with van der Waals surface area (Å²) in [6, 6.07) is 21.0. The molecule has 0 fully saturated rings. The van der Waals surface area contributed by atoms with Crippen molar-refractivity contribution in [3.05, 3.63) is 84.9 Å². The molecule has 3 aromatic carbocycles. The summed E-state index contributed by atoms with van der Waals surface area (Å²) in [5.74, 6) is 0. The Balaban J connectivity index is 2.23. The molecule has 0 saturated heterocycles. The highest BCUT2D eigenvalue weighted by Gasteiger charge is 2.16. The second kappa shape index (κ2) is 5.05. The van der Waals surface area contributed by atoms with Crippen molar-refractivity contribution in [1.29, 1.82) is 0 Å². The van der Waals surface area contributed by atoms with Crippen LogP contribution in [0.2, 0.25) is 0 Å². The van der Waals surface area contributed by atoms with Crippen LogP contribution in [0.3, 0.4) is 0 Å². The van der Waals surface area contributed by atoms with Gasteiger partial charge in [-0.2, -0.15) is 0 Å². The Morgan fingerprint density at radius 3 is 2.32 bits per heavy atom. The van der Waals surface area contributed by atoms with Crippen LogP contribution in [0, 0.1) is 0 Å². The van der Waals surface area contributed by atoms with E-state index in [2.05, 4.69) is 72.2 Å². The Morgan fingerprint density at radius 2 is 1.52 bits per heavy atom. The lowest BCUT2D eigenvalue weighted by molar-refractivity contribution is 1.31. The van der Waals surface area contributed by atoms with E-state index in [0.717, 1.165) is 33.2 Å². The molecule has 0 atom stereocenters. The molecule has 0 N–H and O–H groups in total. The lowest BCUT2D eigenvalue weighted by Gasteiger charge is -2.12. The lowest BCUT2D eigenvalue weighted by atomic mass is 9.97. The molecule has 2 heterocycles. The first-order valence-electron chi connectivity index (χ1n) is 8.33. The average molecular weight is 320 g/mol. The zero-order valence-corrected chi connectivity index (χ0v) is 13.7. The molecule has 5 aromatic rings. The number of aromatic nitrogens is 2. The highest BCUT2D eigenvalue weighted by atomic mass is 15.0. The van der Waals surface area contributed by atoms with Crippen LogP contribution in [0.25, 0.3) is 50.5 Å². The molecule has 0 saturated carbocycles. The minimum absolute atomic E-state index is 0.966. The zero-order valence-electron chi connectivity index (χ0n) is 13.7. The topological polar surface area (TPSA) is 17.3 Å². The maximum Gasteiger partial charge on any atom is 0.147 e. The molecule has 5 rings (SSSR count). The zero-order chi connectivity index (χ0) is 17.0. The molecule has 0 amide bonds. The number of imidazole rings is 1. The second-order valence-electron chi connectivity index (χ2n) is 6.18. The quantitative estimate of drug-likeness (QED) is 0.360. The van der Waals surface area contributed by atoms with Crippen molar-refractivity contribution >= 4 is 50.5 Å². The summed E-state index contributed by atoms with van der Waals surface area (Å²) in [5.41, 5.74) is 6.41. The number of rotatable bonds is 2. The summed E-state index contributed by atoms with van der Waals surface area (Å²) in [6.07, 6.45) is 3.79. The number of nitrogens with zero attached hydrogens (tertiary/aromatic N) is 2. The van der Waals surface area contributed by atoms with E-state index in [0.29, 0.717) is 0 Å². The van der Waals surface area contributed by atoms with Crippen LogP contribution in [0.15, 0.2) is 73.8 Å². The van der Waals surface area contributed by atoms with Crippen LogP contribution >= 0.6 is 0 Å². The highest BCUT2D eigenvalue weighted by Crippen LogP contribution is 2.35. The third-order valence-electron chi connectivity index (χ3n) is 4.92. The van der Waals surface area contributed by atoms with Crippen molar-refractivity contribution < 1.29 is 0 Å². The molecule has 2 nitrogen and oxygen atoms in total. The van der Waals surface area contributed by atoms with Gasteiger partial charge in [0.1, 0.15) is 5.65 Å². The Morgan fingerprint density at radius 1 is 0.760 bits per heavy atom. The van der Waals surface area contributed by atoms with E-state index in [4.69, 9.17) is 4.98 Å². The van der Waals surface area contributed by atoms with Gasteiger partial charge in [0.05, 0.1) is 16.6 Å². The minimum atomic E-state index is 0.966. The van der Waals surface area contributed by atoms with E-state index in [9.17, 15) is 0 Å². The predicted molar refractivity (Wildman–Crippen MR) is 108 cm³/mol. The van der Waals surface area contributed by atoms with Crippen molar-refractivity contribution in [3.8, 4) is 0 Å². The van der Waals surface area contributed by atoms with Gasteiger partial charge in [-0.3, -0.25) is 4.40 Å². The Labute approximate surface area is 145 Å². The van der Waals surface area contributed by atoms with E-state index in [1.165, 1.54) is 16.3 Å². The standard InChI is InChI=1S/C23H16N2/c1-3-15-13-14-18-17-9-5-7-11-20(17)25-21-12-8-6-10-19(21)24-23(25)22(18)16(15)4-2/h3-14H,1-2H2. The monoisotopic (exact) mass is 320 g/mol. The predicted octanol–water partition coefficient (Wildman–Crippen LogP) is 6.08. The van der Waals surface area contributed by atoms with E-state index in [1.807, 2.05) is 18.2 Å². The molecule has 25 heavy (non-hydrogen) atoms. The van der Waals surface area contributed by atoms with Crippen molar-refractivity contribution in [2.45, 2.75) is 0 Å². The van der Waals surface area contributed by atoms with Crippen molar-refractivity contribution in [1.82, 2.24) is 9.38 Å². The maximum atomic E-state index is 4.96. The molecular formula is C23H16N2. The molecule has 2 aromatic heterocycles. The largest absolute Gasteiger partial charge is 0.292 e. The van der Waals surface area contributed by atoms with Crippen molar-refractivity contribution in [2.24, 2.45) is 0 Å². The van der Waals surface area contributed by atoms with E-state index in [1.54, 1.807) is 0 Å². The highest BCUT2D eigenvalue weighted by molar-refractivity contribution is 6.17. The van der Waals surface area contributed by atoms with Crippen LogP contribution in [0.1, 0.15) is 11.1 Å². The molecule has 0 aliphatic rings. The summed E-state index contributed by atoms with van der Waals surface area (Å²) in [4.78, 5) is 4.96. The number of hydrogen-bond donors (Lipinski definition) is 0. The van der Waals surface area contributed by atoms with Crippen molar-refractivity contribution in [2.75, 3.05) is 0 Å². The molecule has 0 bridgehead atoms. The van der Waals surface area contributed by atoms with E-state index >= 15 is 0 Å². The smallest absolute Gasteiger partial charge is 0.147 e. The summed E-state index contributed by atoms with van der Waals surface area (Å²) >= 11 is 0. The second-order valence-corrected chi connectivity index (χ2v) is 6.18. The van der Waals surface area contributed by atoms with Gasteiger partial charge in [0.25, 0.3) is 0 Å². The van der Waals surface area contributed by atoms with Gasteiger partial charge in [-0.15, -0.1) is 0 Å². The van der Waals surface area contributed by atoms with Gasteiger partial charge in [-0.1, -0.05) is 67.8 Å². The third-order valence-corrected chi connectivity index (χ3v) is 4.92. The summed E-state index contributed by atoms with van der Waals surface area (Å²) in [6.45, 7) is 8.00. The fourth-order valence-corrected chi connectivity index (χ4v) is 3.83. The Bertz CT molecular complexity index is 1320. The molecule has 0 aliphatic carbocycles. The minimum Gasteiger partial charge on any atom is -0.292 e. The summed E-state index contributed by atoms with van der Waals surface area (Å²) < 4.78 is 2.26. The molecule has 0 spiro atoms. The van der Waals surface area contributed by atoms with Crippen LogP contribution in [0.4, 0.5) is 0 Å². The number of hydrogen-bond acceptors (Lipinski definition) is 1. The summed E-state index contributed by atoms with van der Waals surface area (Å²) in [7, 11) is 0. The van der Waals surface area contributed by atoms with Crippen LogP contribution < -0.4 is 0 Å². The lowest BCUT2D eigenvalue weighted by Crippen LogP contribution is -1.94. The van der Waals surface area contributed by atoms with E-state index < -0.39 is 0 Å². The van der Waals surface area contributed by atoms with Crippen LogP contribution in [0.5, 0.6) is 0 Å². The van der Waals surface area contributed by atoms with Gasteiger partial charge in [-0.05, 0) is 34.7 Å². The fraction of sp³-hybridized carbons (Fsp3) is 0.